The number of halogens is 1. The van der Waals surface area contributed by atoms with Crippen molar-refractivity contribution in [3.05, 3.63) is 56.7 Å². The first-order chi connectivity index (χ1) is 10.1. The van der Waals surface area contributed by atoms with Gasteiger partial charge in [0.2, 0.25) is 0 Å². The number of rotatable bonds is 5. The lowest BCUT2D eigenvalue weighted by Crippen LogP contribution is -2.30. The van der Waals surface area contributed by atoms with Crippen LogP contribution < -0.4 is 5.32 Å². The topological polar surface area (TPSA) is 55.4 Å². The Hall–Kier alpha value is -1.66. The van der Waals surface area contributed by atoms with Gasteiger partial charge in [-0.1, -0.05) is 34.1 Å². The average Bonchev–Trinajstić information content (AvgIpc) is 3.01. The minimum absolute atomic E-state index is 0.0925. The molecule has 1 aromatic carbocycles. The van der Waals surface area contributed by atoms with Gasteiger partial charge in [-0.05, 0) is 29.1 Å². The summed E-state index contributed by atoms with van der Waals surface area (Å²) in [5.41, 5.74) is 0.855. The van der Waals surface area contributed by atoms with E-state index in [0.717, 1.165) is 10.0 Å². The zero-order chi connectivity index (χ0) is 15.2. The lowest BCUT2D eigenvalue weighted by molar-refractivity contribution is -0.141. The molecule has 1 N–H and O–H groups in total. The Morgan fingerprint density at radius 2 is 2.00 bits per heavy atom. The van der Waals surface area contributed by atoms with E-state index in [0.29, 0.717) is 4.88 Å². The molecule has 0 radical (unpaired) electrons. The normalized spacial score (nSPS) is 11.7. The maximum atomic E-state index is 12.2. The third kappa shape index (κ3) is 4.41. The van der Waals surface area contributed by atoms with Crippen LogP contribution in [0.2, 0.25) is 0 Å². The number of carbonyl (C=O) groups is 2. The Bertz CT molecular complexity index is 610. The molecule has 0 bridgehead atoms. The van der Waals surface area contributed by atoms with Crippen LogP contribution >= 0.6 is 27.3 Å². The molecule has 0 saturated carbocycles. The fourth-order valence-corrected chi connectivity index (χ4v) is 2.73. The number of carbonyl (C=O) groups excluding carboxylic acids is 2. The number of hydrogen-bond acceptors (Lipinski definition) is 4. The fourth-order valence-electron chi connectivity index (χ4n) is 1.83. The number of nitrogens with one attached hydrogen (secondary N) is 1. The molecule has 21 heavy (non-hydrogen) atoms. The summed E-state index contributed by atoms with van der Waals surface area (Å²) in [5.74, 6) is -0.559. The van der Waals surface area contributed by atoms with Crippen molar-refractivity contribution in [1.29, 1.82) is 0 Å². The molecule has 110 valence electrons. The molecule has 0 fully saturated rings. The van der Waals surface area contributed by atoms with Crippen molar-refractivity contribution >= 4 is 39.1 Å². The Morgan fingerprint density at radius 3 is 2.57 bits per heavy atom. The Kier molecular flexibility index (Phi) is 5.52. The smallest absolute Gasteiger partial charge is 0.307 e. The standard InChI is InChI=1S/C15H14BrNO3S/c1-20-14(18)9-12(10-4-6-11(16)7-5-10)17-15(19)13-3-2-8-21-13/h2-8,12H,9H2,1H3,(H,17,19). The lowest BCUT2D eigenvalue weighted by atomic mass is 10.0. The number of esters is 1. The summed E-state index contributed by atoms with van der Waals surface area (Å²) in [5, 5.41) is 4.71. The van der Waals surface area contributed by atoms with Crippen LogP contribution in [0.1, 0.15) is 27.7 Å². The van der Waals surface area contributed by atoms with Gasteiger partial charge in [-0.25, -0.2) is 0 Å². The molecule has 1 amide bonds. The summed E-state index contributed by atoms with van der Waals surface area (Å²) in [4.78, 5) is 24.3. The fraction of sp³-hybridized carbons (Fsp3) is 0.200. The van der Waals surface area contributed by atoms with E-state index in [1.807, 2.05) is 35.7 Å². The van der Waals surface area contributed by atoms with E-state index in [9.17, 15) is 9.59 Å². The third-order valence-electron chi connectivity index (χ3n) is 2.92. The summed E-state index contributed by atoms with van der Waals surface area (Å²) in [6.45, 7) is 0. The largest absolute Gasteiger partial charge is 0.469 e. The molecule has 0 aliphatic carbocycles. The number of hydrogen-bond donors (Lipinski definition) is 1. The maximum Gasteiger partial charge on any atom is 0.307 e. The van der Waals surface area contributed by atoms with Crippen LogP contribution in [-0.4, -0.2) is 19.0 Å². The van der Waals surface area contributed by atoms with E-state index in [1.54, 1.807) is 6.07 Å². The Morgan fingerprint density at radius 1 is 1.29 bits per heavy atom. The van der Waals surface area contributed by atoms with Gasteiger partial charge in [0.15, 0.2) is 0 Å². The number of amides is 1. The van der Waals surface area contributed by atoms with Gasteiger partial charge in [0.1, 0.15) is 0 Å². The van der Waals surface area contributed by atoms with Crippen molar-refractivity contribution < 1.29 is 14.3 Å². The molecule has 6 heteroatoms. The molecule has 0 aliphatic rings. The zero-order valence-electron chi connectivity index (χ0n) is 11.3. The van der Waals surface area contributed by atoms with Crippen LogP contribution in [0.15, 0.2) is 46.3 Å². The van der Waals surface area contributed by atoms with E-state index in [-0.39, 0.29) is 18.3 Å². The first kappa shape index (κ1) is 15.7. The molecule has 2 aromatic rings. The first-order valence-corrected chi connectivity index (χ1v) is 7.94. The van der Waals surface area contributed by atoms with Crippen LogP contribution in [0.25, 0.3) is 0 Å². The van der Waals surface area contributed by atoms with Crippen molar-refractivity contribution in [3.63, 3.8) is 0 Å². The van der Waals surface area contributed by atoms with Gasteiger partial charge in [-0.3, -0.25) is 9.59 Å². The van der Waals surface area contributed by atoms with Crippen molar-refractivity contribution in [3.8, 4) is 0 Å². The zero-order valence-corrected chi connectivity index (χ0v) is 13.7. The SMILES string of the molecule is COC(=O)CC(NC(=O)c1cccs1)c1ccc(Br)cc1. The van der Waals surface area contributed by atoms with E-state index < -0.39 is 6.04 Å². The van der Waals surface area contributed by atoms with Gasteiger partial charge in [0.25, 0.3) is 5.91 Å². The second kappa shape index (κ2) is 7.38. The molecular formula is C15H14BrNO3S. The summed E-state index contributed by atoms with van der Waals surface area (Å²) < 4.78 is 5.64. The van der Waals surface area contributed by atoms with E-state index in [2.05, 4.69) is 21.2 Å². The molecule has 1 heterocycles. The van der Waals surface area contributed by atoms with Crippen molar-refractivity contribution in [2.75, 3.05) is 7.11 Å². The molecular weight excluding hydrogens is 354 g/mol. The second-order valence-electron chi connectivity index (χ2n) is 4.34. The van der Waals surface area contributed by atoms with Gasteiger partial charge < -0.3 is 10.1 Å². The quantitative estimate of drug-likeness (QED) is 0.822. The van der Waals surface area contributed by atoms with Crippen LogP contribution in [-0.2, 0) is 9.53 Å². The van der Waals surface area contributed by atoms with Gasteiger partial charge >= 0.3 is 5.97 Å². The highest BCUT2D eigenvalue weighted by atomic mass is 79.9. The summed E-state index contributed by atoms with van der Waals surface area (Å²) in [7, 11) is 1.34. The monoisotopic (exact) mass is 367 g/mol. The van der Waals surface area contributed by atoms with Crippen LogP contribution in [0, 0.1) is 0 Å². The summed E-state index contributed by atoms with van der Waals surface area (Å²) >= 11 is 4.72. The van der Waals surface area contributed by atoms with Crippen molar-refractivity contribution in [1.82, 2.24) is 5.32 Å². The predicted molar refractivity (Wildman–Crippen MR) is 85.3 cm³/mol. The molecule has 2 rings (SSSR count). The number of benzene rings is 1. The summed E-state index contributed by atoms with van der Waals surface area (Å²) in [6, 6.07) is 10.6. The van der Waals surface area contributed by atoms with E-state index in [4.69, 9.17) is 4.74 Å². The van der Waals surface area contributed by atoms with Crippen molar-refractivity contribution in [2.45, 2.75) is 12.5 Å². The van der Waals surface area contributed by atoms with E-state index >= 15 is 0 Å². The van der Waals surface area contributed by atoms with Crippen LogP contribution in [0.5, 0.6) is 0 Å². The Labute approximate surface area is 135 Å². The molecule has 0 saturated heterocycles. The predicted octanol–water partition coefficient (Wildman–Crippen LogP) is 3.54. The average molecular weight is 368 g/mol. The number of ether oxygens (including phenoxy) is 1. The third-order valence-corrected chi connectivity index (χ3v) is 4.32. The minimum atomic E-state index is -0.417. The van der Waals surface area contributed by atoms with Gasteiger partial charge in [0.05, 0.1) is 24.4 Å². The maximum absolute atomic E-state index is 12.2. The van der Waals surface area contributed by atoms with Gasteiger partial charge in [-0.2, -0.15) is 0 Å². The van der Waals surface area contributed by atoms with Gasteiger partial charge in [-0.15, -0.1) is 11.3 Å². The second-order valence-corrected chi connectivity index (χ2v) is 6.20. The summed E-state index contributed by atoms with van der Waals surface area (Å²) in [6.07, 6.45) is 0.0925. The highest BCUT2D eigenvalue weighted by Gasteiger charge is 2.20. The molecule has 1 atom stereocenters. The minimum Gasteiger partial charge on any atom is -0.469 e. The molecule has 0 spiro atoms. The highest BCUT2D eigenvalue weighted by molar-refractivity contribution is 9.10. The number of methoxy groups -OCH3 is 1. The number of thiophene rings is 1. The molecule has 0 aliphatic heterocycles. The van der Waals surface area contributed by atoms with Crippen LogP contribution in [0.3, 0.4) is 0 Å². The Balaban J connectivity index is 2.17. The van der Waals surface area contributed by atoms with E-state index in [1.165, 1.54) is 18.4 Å². The van der Waals surface area contributed by atoms with Crippen LogP contribution in [0.4, 0.5) is 0 Å². The van der Waals surface area contributed by atoms with Gasteiger partial charge in [0, 0.05) is 4.47 Å². The lowest BCUT2D eigenvalue weighted by Gasteiger charge is -2.18. The first-order valence-electron chi connectivity index (χ1n) is 6.27. The molecule has 4 nitrogen and oxygen atoms in total. The highest BCUT2D eigenvalue weighted by Crippen LogP contribution is 2.21. The van der Waals surface area contributed by atoms with Crippen molar-refractivity contribution in [2.24, 2.45) is 0 Å². The molecule has 1 aromatic heterocycles. The molecule has 1 unspecified atom stereocenters.